The van der Waals surface area contributed by atoms with Crippen LogP contribution in [0.25, 0.3) is 34.4 Å². The standard InChI is InChI=1S/C20H14/c1-3-9-17-15(7-1)13-14-16-8-2-4-10-18(16)20-12-6-5-11-19(17)20/h1-14H/b14-13-,15-13?,16-14?,19-17?,20-18?. The van der Waals surface area contributed by atoms with Crippen LogP contribution in [0.4, 0.5) is 0 Å². The van der Waals surface area contributed by atoms with Gasteiger partial charge in [0.25, 0.3) is 0 Å². The number of fused-ring (bicyclic) bond motifs is 5. The molecule has 0 bridgehead atoms. The number of rotatable bonds is 0. The molecule has 0 saturated carbocycles. The van der Waals surface area contributed by atoms with Crippen LogP contribution in [0.5, 0.6) is 0 Å². The first kappa shape index (κ1) is 11.2. The average Bonchev–Trinajstić information content (AvgIpc) is 2.52. The van der Waals surface area contributed by atoms with Crippen LogP contribution in [-0.2, 0) is 0 Å². The molecule has 0 aromatic heterocycles. The molecule has 4 rings (SSSR count). The summed E-state index contributed by atoms with van der Waals surface area (Å²) in [5, 5.41) is 0. The quantitative estimate of drug-likeness (QED) is 0.388. The van der Waals surface area contributed by atoms with Crippen LogP contribution in [0.1, 0.15) is 11.1 Å². The van der Waals surface area contributed by atoms with E-state index in [0.717, 1.165) is 0 Å². The maximum Gasteiger partial charge on any atom is -0.00992 e. The second-order valence-corrected chi connectivity index (χ2v) is 5.05. The molecule has 0 atom stereocenters. The maximum atomic E-state index is 2.21. The van der Waals surface area contributed by atoms with Crippen molar-refractivity contribution in [3.63, 3.8) is 0 Å². The number of benzene rings is 3. The van der Waals surface area contributed by atoms with Gasteiger partial charge in [-0.05, 0) is 33.4 Å². The van der Waals surface area contributed by atoms with Gasteiger partial charge in [0.05, 0.1) is 0 Å². The Balaban J connectivity index is 2.13. The lowest BCUT2D eigenvalue weighted by molar-refractivity contribution is 1.54. The van der Waals surface area contributed by atoms with Crippen molar-refractivity contribution in [2.45, 2.75) is 0 Å². The Morgan fingerprint density at radius 1 is 0.350 bits per heavy atom. The van der Waals surface area contributed by atoms with Gasteiger partial charge in [0.2, 0.25) is 0 Å². The summed E-state index contributed by atoms with van der Waals surface area (Å²) in [7, 11) is 0. The molecule has 0 unspecified atom stereocenters. The van der Waals surface area contributed by atoms with E-state index in [-0.39, 0.29) is 0 Å². The lowest BCUT2D eigenvalue weighted by Crippen LogP contribution is -1.92. The Morgan fingerprint density at radius 3 is 1.15 bits per heavy atom. The molecular formula is C20H14. The van der Waals surface area contributed by atoms with E-state index in [9.17, 15) is 0 Å². The van der Waals surface area contributed by atoms with Crippen molar-refractivity contribution in [2.24, 2.45) is 0 Å². The highest BCUT2D eigenvalue weighted by atomic mass is 14.2. The van der Waals surface area contributed by atoms with Crippen molar-refractivity contribution in [1.29, 1.82) is 0 Å². The molecule has 0 nitrogen and oxygen atoms in total. The number of hydrogen-bond acceptors (Lipinski definition) is 0. The molecule has 0 spiro atoms. The van der Waals surface area contributed by atoms with Crippen LogP contribution >= 0.6 is 0 Å². The Labute approximate surface area is 119 Å². The van der Waals surface area contributed by atoms with Crippen molar-refractivity contribution in [3.8, 4) is 22.3 Å². The highest BCUT2D eigenvalue weighted by Gasteiger charge is 2.13. The first-order valence-electron chi connectivity index (χ1n) is 6.89. The summed E-state index contributed by atoms with van der Waals surface area (Å²) < 4.78 is 0. The van der Waals surface area contributed by atoms with Crippen LogP contribution in [0.2, 0.25) is 0 Å². The summed E-state index contributed by atoms with van der Waals surface area (Å²) in [5.41, 5.74) is 7.76. The van der Waals surface area contributed by atoms with Gasteiger partial charge in [0.15, 0.2) is 0 Å². The summed E-state index contributed by atoms with van der Waals surface area (Å²) >= 11 is 0. The van der Waals surface area contributed by atoms with Crippen molar-refractivity contribution in [3.05, 3.63) is 83.9 Å². The van der Waals surface area contributed by atoms with E-state index in [1.165, 1.54) is 33.4 Å². The first-order chi connectivity index (χ1) is 9.93. The van der Waals surface area contributed by atoms with Gasteiger partial charge in [-0.3, -0.25) is 0 Å². The molecule has 0 radical (unpaired) electrons. The van der Waals surface area contributed by atoms with Crippen molar-refractivity contribution in [2.75, 3.05) is 0 Å². The molecule has 1 aliphatic rings. The molecule has 94 valence electrons. The van der Waals surface area contributed by atoms with E-state index in [4.69, 9.17) is 0 Å². The van der Waals surface area contributed by atoms with Crippen molar-refractivity contribution >= 4 is 12.2 Å². The van der Waals surface area contributed by atoms with Crippen LogP contribution in [0.15, 0.2) is 72.8 Å². The Bertz CT molecular complexity index is 741. The van der Waals surface area contributed by atoms with Gasteiger partial charge >= 0.3 is 0 Å². The Hall–Kier alpha value is -2.60. The van der Waals surface area contributed by atoms with E-state index >= 15 is 0 Å². The van der Waals surface area contributed by atoms with Crippen molar-refractivity contribution < 1.29 is 0 Å². The van der Waals surface area contributed by atoms with Gasteiger partial charge in [-0.15, -0.1) is 0 Å². The van der Waals surface area contributed by atoms with Gasteiger partial charge in [-0.25, -0.2) is 0 Å². The summed E-state index contributed by atoms with van der Waals surface area (Å²) in [4.78, 5) is 0. The zero-order chi connectivity index (χ0) is 13.4. The second kappa shape index (κ2) is 4.50. The monoisotopic (exact) mass is 254 g/mol. The molecule has 0 heteroatoms. The normalized spacial score (nSPS) is 13.4. The van der Waals surface area contributed by atoms with Gasteiger partial charge in [-0.1, -0.05) is 84.9 Å². The fourth-order valence-electron chi connectivity index (χ4n) is 2.91. The van der Waals surface area contributed by atoms with Gasteiger partial charge in [0.1, 0.15) is 0 Å². The van der Waals surface area contributed by atoms with Gasteiger partial charge in [0, 0.05) is 0 Å². The molecule has 0 heterocycles. The smallest absolute Gasteiger partial charge is 0.00992 e. The lowest BCUT2D eigenvalue weighted by atomic mass is 9.87. The minimum Gasteiger partial charge on any atom is -0.0616 e. The average molecular weight is 254 g/mol. The van der Waals surface area contributed by atoms with Crippen molar-refractivity contribution in [1.82, 2.24) is 0 Å². The molecule has 1 aliphatic carbocycles. The third-order valence-electron chi connectivity index (χ3n) is 3.87. The van der Waals surface area contributed by atoms with E-state index in [0.29, 0.717) is 0 Å². The van der Waals surface area contributed by atoms with E-state index in [1.54, 1.807) is 0 Å². The Kier molecular flexibility index (Phi) is 2.53. The van der Waals surface area contributed by atoms with Crippen LogP contribution in [0, 0.1) is 0 Å². The predicted molar refractivity (Wildman–Crippen MR) is 86.2 cm³/mol. The van der Waals surface area contributed by atoms with Crippen LogP contribution in [-0.4, -0.2) is 0 Å². The summed E-state index contributed by atoms with van der Waals surface area (Å²) in [6.07, 6.45) is 4.42. The highest BCUT2D eigenvalue weighted by molar-refractivity contribution is 5.95. The van der Waals surface area contributed by atoms with Gasteiger partial charge in [-0.2, -0.15) is 0 Å². The lowest BCUT2D eigenvalue weighted by Gasteiger charge is -2.16. The summed E-state index contributed by atoms with van der Waals surface area (Å²) in [6.45, 7) is 0. The number of hydrogen-bond donors (Lipinski definition) is 0. The van der Waals surface area contributed by atoms with E-state index in [2.05, 4.69) is 84.9 Å². The Morgan fingerprint density at radius 2 is 0.700 bits per heavy atom. The third-order valence-corrected chi connectivity index (χ3v) is 3.87. The minimum absolute atomic E-state index is 1.27. The van der Waals surface area contributed by atoms with Crippen LogP contribution < -0.4 is 0 Å². The molecule has 3 aromatic carbocycles. The third kappa shape index (κ3) is 1.70. The predicted octanol–water partition coefficient (Wildman–Crippen LogP) is 5.50. The first-order valence-corrected chi connectivity index (χ1v) is 6.89. The molecule has 0 saturated heterocycles. The van der Waals surface area contributed by atoms with Crippen LogP contribution in [0.3, 0.4) is 0 Å². The molecule has 3 aromatic rings. The van der Waals surface area contributed by atoms with Gasteiger partial charge < -0.3 is 0 Å². The molecule has 0 fully saturated rings. The largest absolute Gasteiger partial charge is 0.0616 e. The summed E-state index contributed by atoms with van der Waals surface area (Å²) in [6, 6.07) is 25.8. The fraction of sp³-hybridized carbons (Fsp3) is 0. The molecular weight excluding hydrogens is 240 g/mol. The topological polar surface area (TPSA) is 0 Å². The molecule has 0 N–H and O–H groups in total. The second-order valence-electron chi connectivity index (χ2n) is 5.05. The van der Waals surface area contributed by atoms with E-state index < -0.39 is 0 Å². The zero-order valence-corrected chi connectivity index (χ0v) is 11.1. The summed E-state index contributed by atoms with van der Waals surface area (Å²) in [5.74, 6) is 0. The highest BCUT2D eigenvalue weighted by Crippen LogP contribution is 2.38. The minimum atomic E-state index is 1.27. The SMILES string of the molecule is C1=C\c2ccccc2-c2ccccc2-c2ccccc2/1. The molecule has 0 amide bonds. The molecule has 20 heavy (non-hydrogen) atoms. The maximum absolute atomic E-state index is 2.21. The molecule has 0 aliphatic heterocycles. The van der Waals surface area contributed by atoms with E-state index in [1.807, 2.05) is 0 Å². The fourth-order valence-corrected chi connectivity index (χ4v) is 2.91. The zero-order valence-electron chi connectivity index (χ0n) is 11.1.